The molecular formula is C20H16ClNO3. The van der Waals surface area contributed by atoms with Crippen molar-refractivity contribution in [1.29, 1.82) is 0 Å². The standard InChI is InChI=1S/C20H16ClNO3/c1-13(23)22-18-4-2-3-15(11-18)19(24)7-5-14-9-16-10-17(21)6-8-20(16)25-12-14/h2-11H,12H2,1H3,(H,22,23)/b7-5+. The maximum atomic E-state index is 12.3. The molecule has 2 aromatic carbocycles. The lowest BCUT2D eigenvalue weighted by Gasteiger charge is -2.16. The Morgan fingerprint density at radius 2 is 2.04 bits per heavy atom. The van der Waals surface area contributed by atoms with Crippen molar-refractivity contribution < 1.29 is 14.3 Å². The number of rotatable bonds is 4. The molecule has 0 saturated heterocycles. The topological polar surface area (TPSA) is 55.4 Å². The molecule has 5 heteroatoms. The number of benzene rings is 2. The number of ether oxygens (including phenoxy) is 1. The minimum absolute atomic E-state index is 0.148. The average Bonchev–Trinajstić information content (AvgIpc) is 2.59. The lowest BCUT2D eigenvalue weighted by atomic mass is 10.1. The summed E-state index contributed by atoms with van der Waals surface area (Å²) in [6, 6.07) is 12.2. The summed E-state index contributed by atoms with van der Waals surface area (Å²) < 4.78 is 5.65. The molecule has 1 heterocycles. The summed E-state index contributed by atoms with van der Waals surface area (Å²) in [5, 5.41) is 3.30. The highest BCUT2D eigenvalue weighted by molar-refractivity contribution is 6.30. The van der Waals surface area contributed by atoms with Crippen molar-refractivity contribution in [3.8, 4) is 5.75 Å². The van der Waals surface area contributed by atoms with Crippen LogP contribution in [0.3, 0.4) is 0 Å². The van der Waals surface area contributed by atoms with Crippen LogP contribution in [-0.4, -0.2) is 18.3 Å². The zero-order valence-corrected chi connectivity index (χ0v) is 14.3. The molecule has 1 aliphatic rings. The molecule has 0 fully saturated rings. The lowest BCUT2D eigenvalue weighted by Crippen LogP contribution is -2.07. The average molecular weight is 354 g/mol. The van der Waals surface area contributed by atoms with E-state index in [4.69, 9.17) is 16.3 Å². The van der Waals surface area contributed by atoms with Crippen LogP contribution in [0.4, 0.5) is 5.69 Å². The monoisotopic (exact) mass is 353 g/mol. The fourth-order valence-electron chi connectivity index (χ4n) is 2.49. The molecule has 0 aliphatic carbocycles. The van der Waals surface area contributed by atoms with Crippen LogP contribution >= 0.6 is 11.6 Å². The van der Waals surface area contributed by atoms with Gasteiger partial charge in [0.15, 0.2) is 5.78 Å². The normalized spacial score (nSPS) is 13.0. The maximum Gasteiger partial charge on any atom is 0.221 e. The van der Waals surface area contributed by atoms with Crippen LogP contribution in [0, 0.1) is 0 Å². The molecule has 0 saturated carbocycles. The number of hydrogen-bond donors (Lipinski definition) is 1. The van der Waals surface area contributed by atoms with Crippen LogP contribution in [0.1, 0.15) is 22.8 Å². The van der Waals surface area contributed by atoms with E-state index in [0.717, 1.165) is 16.9 Å². The largest absolute Gasteiger partial charge is 0.488 e. The van der Waals surface area contributed by atoms with Crippen LogP contribution in [0.25, 0.3) is 6.08 Å². The first-order chi connectivity index (χ1) is 12.0. The maximum absolute atomic E-state index is 12.3. The van der Waals surface area contributed by atoms with E-state index in [-0.39, 0.29) is 11.7 Å². The fourth-order valence-corrected chi connectivity index (χ4v) is 2.68. The van der Waals surface area contributed by atoms with Gasteiger partial charge in [-0.05, 0) is 48.1 Å². The number of carbonyl (C=O) groups is 2. The van der Waals surface area contributed by atoms with E-state index in [1.54, 1.807) is 36.4 Å². The van der Waals surface area contributed by atoms with Gasteiger partial charge in [-0.3, -0.25) is 9.59 Å². The highest BCUT2D eigenvalue weighted by Gasteiger charge is 2.11. The van der Waals surface area contributed by atoms with Gasteiger partial charge in [0.2, 0.25) is 5.91 Å². The van der Waals surface area contributed by atoms with Gasteiger partial charge in [0.05, 0.1) is 0 Å². The molecule has 25 heavy (non-hydrogen) atoms. The summed E-state index contributed by atoms with van der Waals surface area (Å²) in [6.07, 6.45) is 5.18. The molecule has 0 bridgehead atoms. The number of amides is 1. The summed E-state index contributed by atoms with van der Waals surface area (Å²) in [7, 11) is 0. The van der Waals surface area contributed by atoms with Gasteiger partial charge < -0.3 is 10.1 Å². The van der Waals surface area contributed by atoms with Gasteiger partial charge in [-0.15, -0.1) is 0 Å². The Hall–Kier alpha value is -2.85. The van der Waals surface area contributed by atoms with Gasteiger partial charge in [0.1, 0.15) is 12.4 Å². The van der Waals surface area contributed by atoms with E-state index in [1.807, 2.05) is 18.2 Å². The number of ketones is 1. The number of fused-ring (bicyclic) bond motifs is 1. The van der Waals surface area contributed by atoms with Gasteiger partial charge >= 0.3 is 0 Å². The Bertz CT molecular complexity index is 900. The van der Waals surface area contributed by atoms with Crippen LogP contribution in [0.15, 0.2) is 60.2 Å². The minimum Gasteiger partial charge on any atom is -0.488 e. The van der Waals surface area contributed by atoms with Crippen LogP contribution in [0.5, 0.6) is 5.75 Å². The molecule has 126 valence electrons. The molecule has 3 rings (SSSR count). The van der Waals surface area contributed by atoms with E-state index in [0.29, 0.717) is 22.9 Å². The Morgan fingerprint density at radius 3 is 2.84 bits per heavy atom. The minimum atomic E-state index is -0.179. The Labute approximate surface area is 150 Å². The SMILES string of the molecule is CC(=O)Nc1cccc(C(=O)/C=C/C2=Cc3cc(Cl)ccc3OC2)c1. The number of nitrogens with one attached hydrogen (secondary N) is 1. The van der Waals surface area contributed by atoms with Crippen LogP contribution < -0.4 is 10.1 Å². The highest BCUT2D eigenvalue weighted by atomic mass is 35.5. The number of carbonyl (C=O) groups excluding carboxylic acids is 2. The molecule has 0 atom stereocenters. The van der Waals surface area contributed by atoms with Gasteiger partial charge in [-0.2, -0.15) is 0 Å². The van der Waals surface area contributed by atoms with Crippen molar-refractivity contribution in [3.63, 3.8) is 0 Å². The third-order valence-corrected chi connectivity index (χ3v) is 3.86. The van der Waals surface area contributed by atoms with Crippen molar-refractivity contribution >= 4 is 35.1 Å². The molecule has 0 unspecified atom stereocenters. The Morgan fingerprint density at radius 1 is 1.20 bits per heavy atom. The third kappa shape index (κ3) is 4.37. The van der Waals surface area contributed by atoms with Crippen molar-refractivity contribution in [1.82, 2.24) is 0 Å². The number of halogens is 1. The summed E-state index contributed by atoms with van der Waals surface area (Å²) >= 11 is 6.00. The quantitative estimate of drug-likeness (QED) is 0.649. The molecular weight excluding hydrogens is 338 g/mol. The van der Waals surface area contributed by atoms with Gasteiger partial charge in [-0.1, -0.05) is 29.8 Å². The summed E-state index contributed by atoms with van der Waals surface area (Å²) in [5.74, 6) is 0.447. The van der Waals surface area contributed by atoms with E-state index < -0.39 is 0 Å². The first-order valence-corrected chi connectivity index (χ1v) is 8.12. The van der Waals surface area contributed by atoms with Gasteiger partial charge in [0.25, 0.3) is 0 Å². The molecule has 2 aromatic rings. The second kappa shape index (κ2) is 7.36. The highest BCUT2D eigenvalue weighted by Crippen LogP contribution is 2.29. The van der Waals surface area contributed by atoms with Crippen LogP contribution in [-0.2, 0) is 4.79 Å². The zero-order chi connectivity index (χ0) is 17.8. The summed E-state index contributed by atoms with van der Waals surface area (Å²) in [6.45, 7) is 1.82. The fraction of sp³-hybridized carbons (Fsp3) is 0.100. The first kappa shape index (κ1) is 17.0. The van der Waals surface area contributed by atoms with Gasteiger partial charge in [-0.25, -0.2) is 0 Å². The number of anilines is 1. The second-order valence-electron chi connectivity index (χ2n) is 5.65. The Kier molecular flexibility index (Phi) is 5.00. The predicted octanol–water partition coefficient (Wildman–Crippen LogP) is 4.51. The summed E-state index contributed by atoms with van der Waals surface area (Å²) in [5.41, 5.74) is 2.86. The zero-order valence-electron chi connectivity index (χ0n) is 13.6. The molecule has 0 aromatic heterocycles. The molecule has 1 N–H and O–H groups in total. The van der Waals surface area contributed by atoms with E-state index >= 15 is 0 Å². The van der Waals surface area contributed by atoms with Crippen molar-refractivity contribution in [2.75, 3.05) is 11.9 Å². The van der Waals surface area contributed by atoms with Crippen molar-refractivity contribution in [2.45, 2.75) is 6.92 Å². The predicted molar refractivity (Wildman–Crippen MR) is 99.1 cm³/mol. The first-order valence-electron chi connectivity index (χ1n) is 7.74. The number of hydrogen-bond acceptors (Lipinski definition) is 3. The van der Waals surface area contributed by atoms with Crippen molar-refractivity contribution in [2.24, 2.45) is 0 Å². The third-order valence-electron chi connectivity index (χ3n) is 3.62. The summed E-state index contributed by atoms with van der Waals surface area (Å²) in [4.78, 5) is 23.4. The number of allylic oxidation sites excluding steroid dienone is 1. The lowest BCUT2D eigenvalue weighted by molar-refractivity contribution is -0.114. The van der Waals surface area contributed by atoms with E-state index in [9.17, 15) is 9.59 Å². The molecule has 1 aliphatic heterocycles. The molecule has 0 spiro atoms. The molecule has 1 amide bonds. The van der Waals surface area contributed by atoms with E-state index in [2.05, 4.69) is 5.32 Å². The smallest absolute Gasteiger partial charge is 0.221 e. The molecule has 4 nitrogen and oxygen atoms in total. The Balaban J connectivity index is 1.76. The molecule has 0 radical (unpaired) electrons. The van der Waals surface area contributed by atoms with E-state index in [1.165, 1.54) is 13.0 Å². The second-order valence-corrected chi connectivity index (χ2v) is 6.09. The van der Waals surface area contributed by atoms with Crippen molar-refractivity contribution in [3.05, 3.63) is 76.3 Å². The van der Waals surface area contributed by atoms with Gasteiger partial charge in [0, 0.05) is 28.8 Å². The van der Waals surface area contributed by atoms with Crippen LogP contribution in [0.2, 0.25) is 5.02 Å².